The van der Waals surface area contributed by atoms with Crippen molar-refractivity contribution in [3.63, 3.8) is 0 Å². The molecule has 1 unspecified atom stereocenters. The van der Waals surface area contributed by atoms with Crippen molar-refractivity contribution in [2.24, 2.45) is 0 Å². The molecule has 36 heavy (non-hydrogen) atoms. The number of anilines is 2. The minimum absolute atomic E-state index is 0.0647. The van der Waals surface area contributed by atoms with Gasteiger partial charge in [-0.15, -0.1) is 11.3 Å². The summed E-state index contributed by atoms with van der Waals surface area (Å²) in [5.41, 5.74) is 2.55. The van der Waals surface area contributed by atoms with E-state index in [1.807, 2.05) is 31.2 Å². The van der Waals surface area contributed by atoms with Gasteiger partial charge in [-0.1, -0.05) is 35.9 Å². The van der Waals surface area contributed by atoms with E-state index < -0.39 is 15.9 Å². The van der Waals surface area contributed by atoms with Crippen molar-refractivity contribution in [1.82, 2.24) is 4.98 Å². The number of rotatable bonds is 7. The van der Waals surface area contributed by atoms with Crippen LogP contribution in [0.15, 0.2) is 83.1 Å². The Labute approximate surface area is 218 Å². The Hall–Kier alpha value is -3.40. The first-order valence-corrected chi connectivity index (χ1v) is 13.9. The molecule has 1 N–H and O–H groups in total. The topological polar surface area (TPSA) is 88.6 Å². The molecule has 5 rings (SSSR count). The molecule has 184 valence electrons. The molecule has 7 nitrogen and oxygen atoms in total. The van der Waals surface area contributed by atoms with Gasteiger partial charge >= 0.3 is 0 Å². The molecule has 2 heterocycles. The van der Waals surface area contributed by atoms with Gasteiger partial charge in [0.05, 0.1) is 16.3 Å². The summed E-state index contributed by atoms with van der Waals surface area (Å²) in [6.07, 6.45) is 0.643. The lowest BCUT2D eigenvalue weighted by Crippen LogP contribution is -2.35. The third kappa shape index (κ3) is 4.95. The molecule has 1 atom stereocenters. The second-order valence-electron chi connectivity index (χ2n) is 8.35. The first-order chi connectivity index (χ1) is 17.3. The zero-order valence-corrected chi connectivity index (χ0v) is 21.6. The molecule has 1 aliphatic rings. The minimum atomic E-state index is -3.85. The van der Waals surface area contributed by atoms with Gasteiger partial charge in [-0.05, 0) is 67.4 Å². The fourth-order valence-electron chi connectivity index (χ4n) is 4.10. The zero-order valence-electron chi connectivity index (χ0n) is 19.2. The van der Waals surface area contributed by atoms with E-state index in [1.165, 1.54) is 27.8 Å². The number of carbonyl (C=O) groups excluding carboxylic acids is 1. The van der Waals surface area contributed by atoms with Gasteiger partial charge in [-0.2, -0.15) is 0 Å². The molecule has 1 amide bonds. The van der Waals surface area contributed by atoms with Crippen LogP contribution in [0.1, 0.15) is 28.5 Å². The highest BCUT2D eigenvalue weighted by Crippen LogP contribution is 2.36. The number of fused-ring (bicyclic) bond motifs is 1. The quantitative estimate of drug-likeness (QED) is 0.322. The van der Waals surface area contributed by atoms with E-state index in [9.17, 15) is 13.2 Å². The average molecular weight is 540 g/mol. The molecule has 0 radical (unpaired) electrons. The Balaban J connectivity index is 1.29. The SMILES string of the molecule is CC1Cc2ccccc2N1S(=O)(=O)c1cccc(C(=O)Nc2nc(COc3ccc(Cl)cc3)cs2)c1. The summed E-state index contributed by atoms with van der Waals surface area (Å²) in [6.45, 7) is 2.11. The highest BCUT2D eigenvalue weighted by molar-refractivity contribution is 7.92. The number of nitrogens with zero attached hydrogens (tertiary/aromatic N) is 2. The van der Waals surface area contributed by atoms with E-state index in [4.69, 9.17) is 16.3 Å². The van der Waals surface area contributed by atoms with Crippen molar-refractivity contribution in [3.8, 4) is 5.75 Å². The Morgan fingerprint density at radius 3 is 2.72 bits per heavy atom. The lowest BCUT2D eigenvalue weighted by atomic mass is 10.1. The number of benzene rings is 3. The van der Waals surface area contributed by atoms with Gasteiger partial charge < -0.3 is 4.74 Å². The largest absolute Gasteiger partial charge is 0.487 e. The average Bonchev–Trinajstić information content (AvgIpc) is 3.46. The van der Waals surface area contributed by atoms with Crippen molar-refractivity contribution in [2.75, 3.05) is 9.62 Å². The molecule has 3 aromatic carbocycles. The first-order valence-electron chi connectivity index (χ1n) is 11.2. The smallest absolute Gasteiger partial charge is 0.264 e. The standard InChI is InChI=1S/C26H22ClN3O4S2/c1-17-13-18-5-2-3-8-24(18)30(17)36(32,33)23-7-4-6-19(14-23)25(31)29-26-28-21(16-35-26)15-34-22-11-9-20(27)10-12-22/h2-12,14,16-17H,13,15H2,1H3,(H,28,29,31). The van der Waals surface area contributed by atoms with E-state index in [-0.39, 0.29) is 23.1 Å². The van der Waals surface area contributed by atoms with Crippen molar-refractivity contribution in [1.29, 1.82) is 0 Å². The number of para-hydroxylation sites is 1. The molecule has 0 saturated heterocycles. The molecule has 1 aromatic heterocycles. The Morgan fingerprint density at radius 2 is 1.92 bits per heavy atom. The van der Waals surface area contributed by atoms with Gasteiger partial charge in [0.2, 0.25) is 0 Å². The first kappa shape index (κ1) is 24.3. The van der Waals surface area contributed by atoms with Gasteiger partial charge in [0.25, 0.3) is 15.9 Å². The summed E-state index contributed by atoms with van der Waals surface area (Å²) in [5, 5.41) is 5.55. The number of aromatic nitrogens is 1. The van der Waals surface area contributed by atoms with E-state index in [0.29, 0.717) is 33.7 Å². The van der Waals surface area contributed by atoms with Crippen molar-refractivity contribution < 1.29 is 17.9 Å². The number of hydrogen-bond acceptors (Lipinski definition) is 6. The highest BCUT2D eigenvalue weighted by Gasteiger charge is 2.36. The molecule has 10 heteroatoms. The Bertz CT molecular complexity index is 1520. The number of ether oxygens (including phenoxy) is 1. The maximum atomic E-state index is 13.5. The summed E-state index contributed by atoms with van der Waals surface area (Å²) >= 11 is 7.15. The fourth-order valence-corrected chi connectivity index (χ4v) is 6.66. The number of hydrogen-bond donors (Lipinski definition) is 1. The normalized spacial score (nSPS) is 14.9. The van der Waals surface area contributed by atoms with Gasteiger partial charge in [-0.3, -0.25) is 14.4 Å². The number of nitrogens with one attached hydrogen (secondary N) is 1. The zero-order chi connectivity index (χ0) is 25.3. The molecule has 0 spiro atoms. The summed E-state index contributed by atoms with van der Waals surface area (Å²) in [7, 11) is -3.85. The third-order valence-electron chi connectivity index (χ3n) is 5.77. The van der Waals surface area contributed by atoms with Crippen LogP contribution in [0.5, 0.6) is 5.75 Å². The van der Waals surface area contributed by atoms with E-state index in [2.05, 4.69) is 10.3 Å². The molecule has 0 fully saturated rings. The predicted octanol–water partition coefficient (Wildman–Crippen LogP) is 5.77. The van der Waals surface area contributed by atoms with Crippen LogP contribution in [0.2, 0.25) is 5.02 Å². The van der Waals surface area contributed by atoms with Crippen molar-refractivity contribution in [2.45, 2.75) is 30.9 Å². The summed E-state index contributed by atoms with van der Waals surface area (Å²) < 4.78 is 34.2. The maximum absolute atomic E-state index is 13.5. The van der Waals surface area contributed by atoms with Crippen LogP contribution < -0.4 is 14.4 Å². The summed E-state index contributed by atoms with van der Waals surface area (Å²) in [6, 6.07) is 20.3. The van der Waals surface area contributed by atoms with E-state index in [1.54, 1.807) is 41.8 Å². The molecule has 4 aromatic rings. The van der Waals surface area contributed by atoms with Gasteiger partial charge in [0.1, 0.15) is 12.4 Å². The molecule has 0 saturated carbocycles. The molecule has 0 bridgehead atoms. The van der Waals surface area contributed by atoms with Crippen LogP contribution in [0.3, 0.4) is 0 Å². The Morgan fingerprint density at radius 1 is 1.14 bits per heavy atom. The molecule has 1 aliphatic heterocycles. The van der Waals surface area contributed by atoms with Gasteiger partial charge in [0.15, 0.2) is 5.13 Å². The fraction of sp³-hybridized carbons (Fsp3) is 0.154. The number of thiazole rings is 1. The summed E-state index contributed by atoms with van der Waals surface area (Å²) in [4.78, 5) is 17.4. The maximum Gasteiger partial charge on any atom is 0.264 e. The minimum Gasteiger partial charge on any atom is -0.487 e. The number of halogens is 1. The van der Waals surface area contributed by atoms with Crippen molar-refractivity contribution >= 4 is 49.7 Å². The highest BCUT2D eigenvalue weighted by atomic mass is 35.5. The van der Waals surface area contributed by atoms with Crippen LogP contribution >= 0.6 is 22.9 Å². The van der Waals surface area contributed by atoms with Crippen LogP contribution in [0, 0.1) is 0 Å². The molecular formula is C26H22ClN3O4S2. The third-order valence-corrected chi connectivity index (χ3v) is 8.75. The van der Waals surface area contributed by atoms with E-state index in [0.717, 1.165) is 5.56 Å². The number of amides is 1. The second-order valence-corrected chi connectivity index (χ2v) is 11.5. The van der Waals surface area contributed by atoms with Crippen LogP contribution in [0.4, 0.5) is 10.8 Å². The number of sulfonamides is 1. The number of carbonyl (C=O) groups is 1. The lowest BCUT2D eigenvalue weighted by molar-refractivity contribution is 0.102. The monoisotopic (exact) mass is 539 g/mol. The van der Waals surface area contributed by atoms with Gasteiger partial charge in [0, 0.05) is 22.0 Å². The predicted molar refractivity (Wildman–Crippen MR) is 142 cm³/mol. The molecule has 0 aliphatic carbocycles. The van der Waals surface area contributed by atoms with Gasteiger partial charge in [-0.25, -0.2) is 13.4 Å². The summed E-state index contributed by atoms with van der Waals surface area (Å²) in [5.74, 6) is 0.215. The van der Waals surface area contributed by atoms with Crippen LogP contribution in [0.25, 0.3) is 0 Å². The lowest BCUT2D eigenvalue weighted by Gasteiger charge is -2.24. The van der Waals surface area contributed by atoms with E-state index >= 15 is 0 Å². The van der Waals surface area contributed by atoms with Crippen LogP contribution in [-0.4, -0.2) is 25.4 Å². The van der Waals surface area contributed by atoms with Crippen LogP contribution in [-0.2, 0) is 23.1 Å². The Kier molecular flexibility index (Phi) is 6.70. The molecular weight excluding hydrogens is 518 g/mol. The second kappa shape index (κ2) is 9.93. The van der Waals surface area contributed by atoms with Crippen molar-refractivity contribution in [3.05, 3.63) is 100 Å².